The first-order chi connectivity index (χ1) is 13.8. The summed E-state index contributed by atoms with van der Waals surface area (Å²) >= 11 is 0. The van der Waals surface area contributed by atoms with Crippen LogP contribution in [0.15, 0.2) is 24.5 Å². The van der Waals surface area contributed by atoms with Crippen LogP contribution in [0.25, 0.3) is 0 Å². The lowest BCUT2D eigenvalue weighted by atomic mass is 9.42. The molecule has 5 rings (SSSR count). The van der Waals surface area contributed by atoms with E-state index in [1.54, 1.807) is 0 Å². The number of rotatable bonds is 2. The Bertz CT molecular complexity index is 778. The number of nitrogens with zero attached hydrogens (tertiary/aromatic N) is 2. The van der Waals surface area contributed by atoms with Crippen LogP contribution in [0.1, 0.15) is 71.3 Å². The highest BCUT2D eigenvalue weighted by molar-refractivity contribution is 5.77. The SMILES string of the molecule is CC1C(Cc2cccnc2)C2N(C)C(=O)CC[C@]2(C)[C@@H]2CC[C@]3(C)CCC[C@H]3[C@H]12. The molecule has 1 aromatic rings. The van der Waals surface area contributed by atoms with Gasteiger partial charge in [-0.05, 0) is 90.6 Å². The summed E-state index contributed by atoms with van der Waals surface area (Å²) in [7, 11) is 2.09. The number of carbonyl (C=O) groups excluding carboxylic acids is 1. The zero-order valence-electron chi connectivity index (χ0n) is 18.7. The number of hydrogen-bond donors (Lipinski definition) is 0. The Hall–Kier alpha value is -1.38. The highest BCUT2D eigenvalue weighted by Gasteiger charge is 2.63. The van der Waals surface area contributed by atoms with Gasteiger partial charge in [0.1, 0.15) is 0 Å². The Morgan fingerprint density at radius 3 is 2.76 bits per heavy atom. The lowest BCUT2D eigenvalue weighted by Crippen LogP contribution is -2.67. The number of amides is 1. The van der Waals surface area contributed by atoms with Gasteiger partial charge >= 0.3 is 0 Å². The van der Waals surface area contributed by atoms with Gasteiger partial charge in [0.15, 0.2) is 0 Å². The van der Waals surface area contributed by atoms with E-state index in [0.29, 0.717) is 29.2 Å². The van der Waals surface area contributed by atoms with Crippen molar-refractivity contribution >= 4 is 5.91 Å². The van der Waals surface area contributed by atoms with Crippen molar-refractivity contribution in [3.63, 3.8) is 0 Å². The molecule has 3 aliphatic carbocycles. The number of carbonyl (C=O) groups is 1. The maximum absolute atomic E-state index is 12.8. The standard InChI is InChI=1S/C26H38N2O/c1-17-19(15-18-7-6-14-27-16-18)24-26(3,13-10-22(29)28(24)4)21-9-12-25(2)11-5-8-20(25)23(17)21/h6-7,14,16-17,19-21,23-24H,5,8-13,15H2,1-4H3/t17?,19?,20-,21+,23-,24?,25-,26+/m0/s1. The van der Waals surface area contributed by atoms with Gasteiger partial charge in [0, 0.05) is 31.9 Å². The highest BCUT2D eigenvalue weighted by atomic mass is 16.2. The molecule has 3 nitrogen and oxygen atoms in total. The van der Waals surface area contributed by atoms with Crippen LogP contribution in [0.3, 0.4) is 0 Å². The molecule has 0 spiro atoms. The number of likely N-dealkylation sites (tertiary alicyclic amines) is 1. The third kappa shape index (κ3) is 2.82. The molecule has 1 amide bonds. The molecule has 4 aliphatic rings. The molecule has 1 aliphatic heterocycles. The summed E-state index contributed by atoms with van der Waals surface area (Å²) in [4.78, 5) is 19.4. The van der Waals surface area contributed by atoms with Gasteiger partial charge < -0.3 is 4.90 Å². The van der Waals surface area contributed by atoms with E-state index in [0.717, 1.165) is 37.0 Å². The summed E-state index contributed by atoms with van der Waals surface area (Å²) < 4.78 is 0. The summed E-state index contributed by atoms with van der Waals surface area (Å²) in [5.74, 6) is 4.03. The van der Waals surface area contributed by atoms with Gasteiger partial charge in [0.2, 0.25) is 5.91 Å². The first kappa shape index (κ1) is 19.6. The second-order valence-electron chi connectivity index (χ2n) is 11.4. The number of aromatic nitrogens is 1. The third-order valence-corrected chi connectivity index (χ3v) is 10.2. The summed E-state index contributed by atoms with van der Waals surface area (Å²) in [5.41, 5.74) is 2.16. The van der Waals surface area contributed by atoms with Gasteiger partial charge in [-0.1, -0.05) is 33.3 Å². The molecular weight excluding hydrogens is 356 g/mol. The molecule has 1 aromatic heterocycles. The smallest absolute Gasteiger partial charge is 0.222 e. The summed E-state index contributed by atoms with van der Waals surface area (Å²) in [6.07, 6.45) is 13.8. The van der Waals surface area contributed by atoms with Crippen molar-refractivity contribution in [3.05, 3.63) is 30.1 Å². The van der Waals surface area contributed by atoms with Crippen molar-refractivity contribution in [2.24, 2.45) is 40.4 Å². The average molecular weight is 395 g/mol. The molecule has 0 aromatic carbocycles. The first-order valence-corrected chi connectivity index (χ1v) is 12.0. The van der Waals surface area contributed by atoms with Crippen molar-refractivity contribution < 1.29 is 4.79 Å². The van der Waals surface area contributed by atoms with Crippen LogP contribution in [0.2, 0.25) is 0 Å². The molecule has 0 radical (unpaired) electrons. The van der Waals surface area contributed by atoms with Crippen LogP contribution >= 0.6 is 0 Å². The Morgan fingerprint density at radius 1 is 1.17 bits per heavy atom. The fourth-order valence-electron chi connectivity index (χ4n) is 8.83. The number of pyridine rings is 1. The van der Waals surface area contributed by atoms with Crippen LogP contribution in [-0.4, -0.2) is 28.9 Å². The Balaban J connectivity index is 1.58. The number of piperidine rings is 1. The van der Waals surface area contributed by atoms with Gasteiger partial charge in [-0.25, -0.2) is 0 Å². The van der Waals surface area contributed by atoms with E-state index < -0.39 is 0 Å². The van der Waals surface area contributed by atoms with E-state index >= 15 is 0 Å². The predicted molar refractivity (Wildman–Crippen MR) is 116 cm³/mol. The first-order valence-electron chi connectivity index (χ1n) is 12.0. The summed E-state index contributed by atoms with van der Waals surface area (Å²) in [6, 6.07) is 4.66. The molecule has 3 saturated carbocycles. The van der Waals surface area contributed by atoms with E-state index in [1.165, 1.54) is 37.7 Å². The third-order valence-electron chi connectivity index (χ3n) is 10.2. The van der Waals surface area contributed by atoms with Gasteiger partial charge in [0.25, 0.3) is 0 Å². The average Bonchev–Trinajstić information content (AvgIpc) is 3.11. The molecule has 3 heteroatoms. The summed E-state index contributed by atoms with van der Waals surface area (Å²) in [6.45, 7) is 7.68. The molecular formula is C26H38N2O. The minimum absolute atomic E-state index is 0.261. The fourth-order valence-corrected chi connectivity index (χ4v) is 8.83. The van der Waals surface area contributed by atoms with Gasteiger partial charge in [-0.15, -0.1) is 0 Å². The molecule has 158 valence electrons. The minimum atomic E-state index is 0.261. The number of fused-ring (bicyclic) bond motifs is 5. The zero-order valence-corrected chi connectivity index (χ0v) is 18.7. The molecule has 29 heavy (non-hydrogen) atoms. The van der Waals surface area contributed by atoms with Crippen LogP contribution in [0.5, 0.6) is 0 Å². The van der Waals surface area contributed by atoms with Crippen LogP contribution in [-0.2, 0) is 11.2 Å². The van der Waals surface area contributed by atoms with Gasteiger partial charge in [-0.3, -0.25) is 9.78 Å². The molecule has 4 fully saturated rings. The monoisotopic (exact) mass is 394 g/mol. The summed E-state index contributed by atoms with van der Waals surface area (Å²) in [5, 5.41) is 0. The maximum Gasteiger partial charge on any atom is 0.222 e. The second kappa shape index (κ2) is 6.82. The lowest BCUT2D eigenvalue weighted by Gasteiger charge is -2.66. The quantitative estimate of drug-likeness (QED) is 0.677. The van der Waals surface area contributed by atoms with Crippen molar-refractivity contribution in [2.75, 3.05) is 7.05 Å². The van der Waals surface area contributed by atoms with E-state index in [4.69, 9.17) is 0 Å². The largest absolute Gasteiger partial charge is 0.342 e. The van der Waals surface area contributed by atoms with E-state index in [1.807, 2.05) is 12.4 Å². The predicted octanol–water partition coefficient (Wildman–Crippen LogP) is 5.35. The van der Waals surface area contributed by atoms with E-state index in [-0.39, 0.29) is 5.41 Å². The van der Waals surface area contributed by atoms with Crippen molar-refractivity contribution in [1.29, 1.82) is 0 Å². The van der Waals surface area contributed by atoms with Crippen molar-refractivity contribution in [3.8, 4) is 0 Å². The van der Waals surface area contributed by atoms with Gasteiger partial charge in [-0.2, -0.15) is 0 Å². The lowest BCUT2D eigenvalue weighted by molar-refractivity contribution is -0.180. The highest BCUT2D eigenvalue weighted by Crippen LogP contribution is 2.67. The van der Waals surface area contributed by atoms with Gasteiger partial charge in [0.05, 0.1) is 0 Å². The molecule has 0 bridgehead atoms. The topological polar surface area (TPSA) is 33.2 Å². The minimum Gasteiger partial charge on any atom is -0.342 e. The normalized spacial score (nSPS) is 46.8. The molecule has 1 saturated heterocycles. The number of hydrogen-bond acceptors (Lipinski definition) is 2. The van der Waals surface area contributed by atoms with Crippen LogP contribution < -0.4 is 0 Å². The molecule has 3 unspecified atom stereocenters. The maximum atomic E-state index is 12.8. The van der Waals surface area contributed by atoms with E-state index in [9.17, 15) is 4.79 Å². The van der Waals surface area contributed by atoms with Crippen LogP contribution in [0, 0.1) is 40.4 Å². The second-order valence-corrected chi connectivity index (χ2v) is 11.4. The Morgan fingerprint density at radius 2 is 2.00 bits per heavy atom. The fraction of sp³-hybridized carbons (Fsp3) is 0.769. The zero-order chi connectivity index (χ0) is 20.4. The molecule has 2 heterocycles. The van der Waals surface area contributed by atoms with Crippen LogP contribution in [0.4, 0.5) is 0 Å². The Kier molecular flexibility index (Phi) is 4.60. The van der Waals surface area contributed by atoms with Crippen molar-refractivity contribution in [1.82, 2.24) is 9.88 Å². The molecule has 8 atom stereocenters. The van der Waals surface area contributed by atoms with Crippen molar-refractivity contribution in [2.45, 2.75) is 78.2 Å². The Labute approximate surface area is 176 Å². The van der Waals surface area contributed by atoms with E-state index in [2.05, 4.69) is 49.8 Å². The molecule has 0 N–H and O–H groups in total.